The van der Waals surface area contributed by atoms with Crippen molar-refractivity contribution >= 4 is 34.5 Å². The maximum Gasteiger partial charge on any atom is 0.279 e. The highest BCUT2D eigenvalue weighted by Gasteiger charge is 2.14. The number of hydrogen-bond donors (Lipinski definition) is 1. The maximum atomic E-state index is 13.8. The normalized spacial score (nSPS) is 10.6. The van der Waals surface area contributed by atoms with Gasteiger partial charge in [0.15, 0.2) is 0 Å². The van der Waals surface area contributed by atoms with Crippen LogP contribution in [0.5, 0.6) is 10.9 Å². The second-order valence-corrected chi connectivity index (χ2v) is 7.67. The Bertz CT molecular complexity index is 1190. The molecule has 0 radical (unpaired) electrons. The van der Waals surface area contributed by atoms with Crippen molar-refractivity contribution in [2.24, 2.45) is 0 Å². The van der Waals surface area contributed by atoms with E-state index in [4.69, 9.17) is 16.3 Å². The Labute approximate surface area is 181 Å². The number of rotatable bonds is 5. The lowest BCUT2D eigenvalue weighted by atomic mass is 10.1. The lowest BCUT2D eigenvalue weighted by Gasteiger charge is -2.07. The molecule has 0 aliphatic heterocycles. The summed E-state index contributed by atoms with van der Waals surface area (Å²) in [6.07, 6.45) is 1.53. The van der Waals surface area contributed by atoms with Crippen LogP contribution in [0.15, 0.2) is 66.9 Å². The molecule has 0 unspecified atom stereocenters. The molecule has 2 heterocycles. The van der Waals surface area contributed by atoms with E-state index in [-0.39, 0.29) is 5.56 Å². The highest BCUT2D eigenvalue weighted by atomic mass is 35.5. The van der Waals surface area contributed by atoms with Gasteiger partial charge in [-0.3, -0.25) is 4.79 Å². The lowest BCUT2D eigenvalue weighted by molar-refractivity contribution is 0.102. The first-order valence-corrected chi connectivity index (χ1v) is 10.1. The largest absolute Gasteiger partial charge is 0.429 e. The predicted molar refractivity (Wildman–Crippen MR) is 116 cm³/mol. The first-order chi connectivity index (χ1) is 14.5. The Morgan fingerprint density at radius 1 is 1.10 bits per heavy atom. The second kappa shape index (κ2) is 8.61. The van der Waals surface area contributed by atoms with Gasteiger partial charge in [-0.25, -0.2) is 14.4 Å². The fourth-order valence-corrected chi connectivity index (χ4v) is 3.81. The molecule has 0 spiro atoms. The zero-order valence-electron chi connectivity index (χ0n) is 15.7. The van der Waals surface area contributed by atoms with E-state index < -0.39 is 11.7 Å². The van der Waals surface area contributed by atoms with E-state index in [1.165, 1.54) is 29.7 Å². The predicted octanol–water partition coefficient (Wildman–Crippen LogP) is 6.35. The molecule has 0 aliphatic rings. The fraction of sp³-hybridized carbons (Fsp3) is 0.0455. The van der Waals surface area contributed by atoms with Crippen molar-refractivity contribution in [1.82, 2.24) is 9.97 Å². The van der Waals surface area contributed by atoms with Gasteiger partial charge >= 0.3 is 0 Å². The number of hydrogen-bond acceptors (Lipinski definition) is 5. The summed E-state index contributed by atoms with van der Waals surface area (Å²) >= 11 is 7.19. The van der Waals surface area contributed by atoms with E-state index in [1.807, 2.05) is 19.1 Å². The number of thiazole rings is 1. The SMILES string of the molecule is Cc1nc(Oc2ccc(Cl)nc2)sc1-c1ccc(NC(=O)c2ccccc2F)cc1. The molecule has 4 rings (SSSR count). The number of nitrogens with zero attached hydrogens (tertiary/aromatic N) is 2. The summed E-state index contributed by atoms with van der Waals surface area (Å²) in [6.45, 7) is 1.90. The van der Waals surface area contributed by atoms with Crippen LogP contribution in [0.4, 0.5) is 10.1 Å². The number of benzene rings is 2. The number of aromatic nitrogens is 2. The van der Waals surface area contributed by atoms with Crippen LogP contribution in [0.2, 0.25) is 5.15 Å². The van der Waals surface area contributed by atoms with Crippen LogP contribution in [0, 0.1) is 12.7 Å². The number of pyridine rings is 1. The third-order valence-electron chi connectivity index (χ3n) is 4.21. The molecular weight excluding hydrogens is 425 g/mol. The molecule has 2 aromatic carbocycles. The van der Waals surface area contributed by atoms with Crippen LogP contribution in [0.25, 0.3) is 10.4 Å². The number of ether oxygens (including phenoxy) is 1. The molecule has 5 nitrogen and oxygen atoms in total. The summed E-state index contributed by atoms with van der Waals surface area (Å²) in [5.74, 6) is -0.511. The van der Waals surface area contributed by atoms with Crippen molar-refractivity contribution in [3.05, 3.63) is 89.1 Å². The molecule has 0 fully saturated rings. The number of aryl methyl sites for hydroxylation is 1. The van der Waals surface area contributed by atoms with Crippen LogP contribution in [0.1, 0.15) is 16.1 Å². The summed E-state index contributed by atoms with van der Waals surface area (Å²) in [4.78, 5) is 21.6. The molecule has 1 amide bonds. The molecule has 150 valence electrons. The van der Waals surface area contributed by atoms with Gasteiger partial charge in [-0.2, -0.15) is 0 Å². The van der Waals surface area contributed by atoms with Crippen LogP contribution in [0.3, 0.4) is 0 Å². The van der Waals surface area contributed by atoms with Gasteiger partial charge in [-0.15, -0.1) is 0 Å². The zero-order valence-corrected chi connectivity index (χ0v) is 17.3. The van der Waals surface area contributed by atoms with Crippen molar-refractivity contribution in [3.8, 4) is 21.4 Å². The molecule has 8 heteroatoms. The topological polar surface area (TPSA) is 64.1 Å². The molecule has 0 atom stereocenters. The molecule has 0 bridgehead atoms. The Kier molecular flexibility index (Phi) is 5.74. The number of carbonyl (C=O) groups excluding carboxylic acids is 1. The average Bonchev–Trinajstić information content (AvgIpc) is 3.10. The van der Waals surface area contributed by atoms with E-state index in [1.54, 1.807) is 36.4 Å². The molecule has 0 aliphatic carbocycles. The number of halogens is 2. The van der Waals surface area contributed by atoms with Gasteiger partial charge in [0, 0.05) is 5.69 Å². The van der Waals surface area contributed by atoms with E-state index in [2.05, 4.69) is 15.3 Å². The molecule has 1 N–H and O–H groups in total. The van der Waals surface area contributed by atoms with Crippen molar-refractivity contribution in [3.63, 3.8) is 0 Å². The van der Waals surface area contributed by atoms with Gasteiger partial charge < -0.3 is 10.1 Å². The van der Waals surface area contributed by atoms with Crippen LogP contribution in [-0.4, -0.2) is 15.9 Å². The number of carbonyl (C=O) groups is 1. The molecule has 30 heavy (non-hydrogen) atoms. The van der Waals surface area contributed by atoms with Crippen molar-refractivity contribution in [1.29, 1.82) is 0 Å². The summed E-state index contributed by atoms with van der Waals surface area (Å²) in [6, 6.07) is 16.5. The third-order valence-corrected chi connectivity index (χ3v) is 5.51. The van der Waals surface area contributed by atoms with E-state index in [0.717, 1.165) is 16.1 Å². The van der Waals surface area contributed by atoms with Crippen molar-refractivity contribution in [2.45, 2.75) is 6.92 Å². The summed E-state index contributed by atoms with van der Waals surface area (Å²) < 4.78 is 19.5. The Morgan fingerprint density at radius 3 is 2.57 bits per heavy atom. The average molecular weight is 440 g/mol. The van der Waals surface area contributed by atoms with Gasteiger partial charge in [-0.05, 0) is 48.9 Å². The van der Waals surface area contributed by atoms with Crippen LogP contribution in [-0.2, 0) is 0 Å². The van der Waals surface area contributed by atoms with Gasteiger partial charge in [0.1, 0.15) is 16.7 Å². The zero-order chi connectivity index (χ0) is 21.1. The second-order valence-electron chi connectivity index (χ2n) is 6.32. The highest BCUT2D eigenvalue weighted by molar-refractivity contribution is 7.17. The van der Waals surface area contributed by atoms with Gasteiger partial charge in [-0.1, -0.05) is 47.2 Å². The van der Waals surface area contributed by atoms with Crippen LogP contribution < -0.4 is 10.1 Å². The standard InChI is InChI=1S/C22H15ClFN3O2S/c1-13-20(30-22(26-13)29-16-10-11-19(23)25-12-16)14-6-8-15(9-7-14)27-21(28)17-4-2-3-5-18(17)24/h2-12H,1H3,(H,27,28). The van der Waals surface area contributed by atoms with Gasteiger partial charge in [0.25, 0.3) is 11.1 Å². The summed E-state index contributed by atoms with van der Waals surface area (Å²) in [5, 5.41) is 3.58. The first kappa shape index (κ1) is 20.0. The quantitative estimate of drug-likeness (QED) is 0.368. The number of anilines is 1. The molecular formula is C22H15ClFN3O2S. The van der Waals surface area contributed by atoms with E-state index in [0.29, 0.717) is 21.8 Å². The monoisotopic (exact) mass is 439 g/mol. The Morgan fingerprint density at radius 2 is 1.87 bits per heavy atom. The van der Waals surface area contributed by atoms with Gasteiger partial charge in [0.2, 0.25) is 0 Å². The van der Waals surface area contributed by atoms with Gasteiger partial charge in [0.05, 0.1) is 22.3 Å². The maximum absolute atomic E-state index is 13.8. The fourth-order valence-electron chi connectivity index (χ4n) is 2.76. The minimum Gasteiger partial charge on any atom is -0.429 e. The Balaban J connectivity index is 1.49. The van der Waals surface area contributed by atoms with E-state index >= 15 is 0 Å². The minimum atomic E-state index is -0.560. The smallest absolute Gasteiger partial charge is 0.279 e. The number of nitrogens with one attached hydrogen (secondary N) is 1. The van der Waals surface area contributed by atoms with E-state index in [9.17, 15) is 9.18 Å². The summed E-state index contributed by atoms with van der Waals surface area (Å²) in [5.41, 5.74) is 2.31. The molecule has 2 aromatic heterocycles. The molecule has 4 aromatic rings. The molecule has 0 saturated carbocycles. The highest BCUT2D eigenvalue weighted by Crippen LogP contribution is 2.36. The van der Waals surface area contributed by atoms with Crippen molar-refractivity contribution < 1.29 is 13.9 Å². The van der Waals surface area contributed by atoms with Crippen molar-refractivity contribution in [2.75, 3.05) is 5.32 Å². The minimum absolute atomic E-state index is 0.00152. The number of amides is 1. The lowest BCUT2D eigenvalue weighted by Crippen LogP contribution is -2.13. The third kappa shape index (κ3) is 4.48. The Hall–Kier alpha value is -3.29. The van der Waals surface area contributed by atoms with Crippen LogP contribution >= 0.6 is 22.9 Å². The molecule has 0 saturated heterocycles. The summed E-state index contributed by atoms with van der Waals surface area (Å²) in [7, 11) is 0. The first-order valence-electron chi connectivity index (χ1n) is 8.93.